The minimum Gasteiger partial charge on any atom is -0.348 e. The SMILES string of the molecule is C=C1NC=C(CC(=O)CCC(=O)NO)C(=O)N1. The molecule has 0 atom stereocenters. The first-order valence-electron chi connectivity index (χ1n) is 4.93. The molecule has 0 aromatic heterocycles. The Morgan fingerprint density at radius 3 is 2.71 bits per heavy atom. The third kappa shape index (κ3) is 4.07. The third-order valence-electron chi connectivity index (χ3n) is 2.12. The standard InChI is InChI=1S/C10H13N3O4/c1-6-11-5-7(10(16)12-6)4-8(14)2-3-9(15)13-17/h5,11,17H,1-4H2,(H,12,16)(H,13,15). The highest BCUT2D eigenvalue weighted by Crippen LogP contribution is 2.08. The normalized spacial score (nSPS) is 14.5. The first-order chi connectivity index (χ1) is 8.02. The number of rotatable bonds is 5. The van der Waals surface area contributed by atoms with E-state index in [1.54, 1.807) is 0 Å². The van der Waals surface area contributed by atoms with Gasteiger partial charge < -0.3 is 10.6 Å². The Hall–Kier alpha value is -2.15. The van der Waals surface area contributed by atoms with Crippen LogP contribution in [0.15, 0.2) is 24.2 Å². The Kier molecular flexibility index (Phi) is 4.41. The average Bonchev–Trinajstić information content (AvgIpc) is 2.29. The van der Waals surface area contributed by atoms with Crippen LogP contribution in [-0.4, -0.2) is 22.8 Å². The number of ketones is 1. The van der Waals surface area contributed by atoms with Gasteiger partial charge in [-0.1, -0.05) is 6.58 Å². The summed E-state index contributed by atoms with van der Waals surface area (Å²) >= 11 is 0. The molecule has 2 amide bonds. The maximum atomic E-state index is 11.4. The summed E-state index contributed by atoms with van der Waals surface area (Å²) in [6.45, 7) is 3.50. The van der Waals surface area contributed by atoms with Gasteiger partial charge in [0.2, 0.25) is 5.91 Å². The Bertz CT molecular complexity index is 400. The number of hydrogen-bond acceptors (Lipinski definition) is 5. The second-order valence-corrected chi connectivity index (χ2v) is 3.50. The molecule has 1 rings (SSSR count). The summed E-state index contributed by atoms with van der Waals surface area (Å²) in [4.78, 5) is 33.5. The Balaban J connectivity index is 2.43. The molecule has 0 aromatic carbocycles. The quantitative estimate of drug-likeness (QED) is 0.375. The van der Waals surface area contributed by atoms with Gasteiger partial charge in [-0.2, -0.15) is 0 Å². The average molecular weight is 239 g/mol. The van der Waals surface area contributed by atoms with E-state index < -0.39 is 5.91 Å². The van der Waals surface area contributed by atoms with Crippen LogP contribution in [0.2, 0.25) is 0 Å². The van der Waals surface area contributed by atoms with E-state index in [2.05, 4.69) is 17.2 Å². The van der Waals surface area contributed by atoms with Crippen LogP contribution in [0.25, 0.3) is 0 Å². The van der Waals surface area contributed by atoms with Crippen LogP contribution in [0.4, 0.5) is 0 Å². The summed E-state index contributed by atoms with van der Waals surface area (Å²) in [5, 5.41) is 13.3. The van der Waals surface area contributed by atoms with Crippen LogP contribution in [0.5, 0.6) is 0 Å². The first kappa shape index (κ1) is 12.9. The van der Waals surface area contributed by atoms with Crippen molar-refractivity contribution in [3.05, 3.63) is 24.2 Å². The van der Waals surface area contributed by atoms with Crippen LogP contribution in [-0.2, 0) is 14.4 Å². The van der Waals surface area contributed by atoms with E-state index in [1.807, 2.05) is 0 Å². The highest BCUT2D eigenvalue weighted by atomic mass is 16.5. The molecule has 1 heterocycles. The van der Waals surface area contributed by atoms with Crippen molar-refractivity contribution in [3.8, 4) is 0 Å². The van der Waals surface area contributed by atoms with Crippen LogP contribution in [0.3, 0.4) is 0 Å². The van der Waals surface area contributed by atoms with E-state index in [1.165, 1.54) is 11.7 Å². The summed E-state index contributed by atoms with van der Waals surface area (Å²) in [5.74, 6) is -0.921. The highest BCUT2D eigenvalue weighted by molar-refractivity contribution is 6.00. The molecule has 1 aliphatic rings. The van der Waals surface area contributed by atoms with Gasteiger partial charge in [0.15, 0.2) is 0 Å². The van der Waals surface area contributed by atoms with Crippen LogP contribution in [0.1, 0.15) is 19.3 Å². The molecule has 0 saturated carbocycles. The highest BCUT2D eigenvalue weighted by Gasteiger charge is 2.18. The van der Waals surface area contributed by atoms with Crippen LogP contribution in [0, 0.1) is 0 Å². The molecule has 0 spiro atoms. The molecule has 0 saturated heterocycles. The van der Waals surface area contributed by atoms with Crippen molar-refractivity contribution in [1.82, 2.24) is 16.1 Å². The molecule has 0 unspecified atom stereocenters. The lowest BCUT2D eigenvalue weighted by molar-refractivity contribution is -0.131. The van der Waals surface area contributed by atoms with Gasteiger partial charge in [0.05, 0.1) is 0 Å². The van der Waals surface area contributed by atoms with E-state index in [9.17, 15) is 14.4 Å². The molecule has 0 aromatic rings. The van der Waals surface area contributed by atoms with E-state index in [4.69, 9.17) is 5.21 Å². The molecule has 92 valence electrons. The van der Waals surface area contributed by atoms with Gasteiger partial charge >= 0.3 is 0 Å². The Morgan fingerprint density at radius 1 is 1.41 bits per heavy atom. The number of Topliss-reactive ketones (excluding diaryl/α,β-unsaturated/α-hetero) is 1. The predicted octanol–water partition coefficient (Wildman–Crippen LogP) is -0.694. The molecule has 4 N–H and O–H groups in total. The van der Waals surface area contributed by atoms with Gasteiger partial charge in [-0.25, -0.2) is 5.48 Å². The third-order valence-corrected chi connectivity index (χ3v) is 2.12. The van der Waals surface area contributed by atoms with E-state index in [0.717, 1.165) is 0 Å². The molecular formula is C10H13N3O4. The lowest BCUT2D eigenvalue weighted by atomic mass is 10.1. The van der Waals surface area contributed by atoms with Gasteiger partial charge in [0.25, 0.3) is 5.91 Å². The van der Waals surface area contributed by atoms with Crippen molar-refractivity contribution in [2.45, 2.75) is 19.3 Å². The second-order valence-electron chi connectivity index (χ2n) is 3.50. The van der Waals surface area contributed by atoms with Crippen molar-refractivity contribution >= 4 is 17.6 Å². The maximum absolute atomic E-state index is 11.4. The van der Waals surface area contributed by atoms with E-state index >= 15 is 0 Å². The summed E-state index contributed by atoms with van der Waals surface area (Å²) in [6, 6.07) is 0. The zero-order chi connectivity index (χ0) is 12.8. The number of carbonyl (C=O) groups is 3. The zero-order valence-corrected chi connectivity index (χ0v) is 9.08. The molecule has 0 radical (unpaired) electrons. The van der Waals surface area contributed by atoms with Gasteiger partial charge in [-0.15, -0.1) is 0 Å². The van der Waals surface area contributed by atoms with Gasteiger partial charge in [0.1, 0.15) is 11.6 Å². The van der Waals surface area contributed by atoms with Gasteiger partial charge in [0, 0.05) is 31.0 Å². The lowest BCUT2D eigenvalue weighted by Gasteiger charge is -2.16. The molecule has 7 heteroatoms. The second kappa shape index (κ2) is 5.80. The smallest absolute Gasteiger partial charge is 0.254 e. The zero-order valence-electron chi connectivity index (χ0n) is 9.08. The number of carbonyl (C=O) groups excluding carboxylic acids is 3. The summed E-state index contributed by atoms with van der Waals surface area (Å²) < 4.78 is 0. The summed E-state index contributed by atoms with van der Waals surface area (Å²) in [6.07, 6.45) is 1.21. The summed E-state index contributed by atoms with van der Waals surface area (Å²) in [7, 11) is 0. The summed E-state index contributed by atoms with van der Waals surface area (Å²) in [5.41, 5.74) is 1.71. The van der Waals surface area contributed by atoms with Crippen LogP contribution >= 0.6 is 0 Å². The van der Waals surface area contributed by atoms with Crippen molar-refractivity contribution < 1.29 is 19.6 Å². The predicted molar refractivity (Wildman–Crippen MR) is 57.3 cm³/mol. The van der Waals surface area contributed by atoms with Crippen molar-refractivity contribution in [2.24, 2.45) is 0 Å². The van der Waals surface area contributed by atoms with E-state index in [-0.39, 0.29) is 36.5 Å². The molecule has 0 bridgehead atoms. The maximum Gasteiger partial charge on any atom is 0.254 e. The molecule has 7 nitrogen and oxygen atoms in total. The number of hydrogen-bond donors (Lipinski definition) is 4. The van der Waals surface area contributed by atoms with Crippen molar-refractivity contribution in [3.63, 3.8) is 0 Å². The molecule has 1 aliphatic heterocycles. The Morgan fingerprint density at radius 2 is 2.12 bits per heavy atom. The molecule has 17 heavy (non-hydrogen) atoms. The molecule has 0 aliphatic carbocycles. The minimum atomic E-state index is -0.632. The monoisotopic (exact) mass is 239 g/mol. The number of amides is 2. The lowest BCUT2D eigenvalue weighted by Crippen LogP contribution is -2.35. The number of hydroxylamine groups is 1. The Labute approximate surface area is 97.5 Å². The largest absolute Gasteiger partial charge is 0.348 e. The molecule has 0 fully saturated rings. The van der Waals surface area contributed by atoms with Gasteiger partial charge in [-0.3, -0.25) is 19.6 Å². The fraction of sp³-hybridized carbons (Fsp3) is 0.300. The van der Waals surface area contributed by atoms with Crippen molar-refractivity contribution in [2.75, 3.05) is 0 Å². The fourth-order valence-corrected chi connectivity index (χ4v) is 1.23. The topological polar surface area (TPSA) is 108 Å². The fourth-order valence-electron chi connectivity index (χ4n) is 1.23. The van der Waals surface area contributed by atoms with Crippen molar-refractivity contribution in [1.29, 1.82) is 0 Å². The van der Waals surface area contributed by atoms with Gasteiger partial charge in [-0.05, 0) is 0 Å². The molecular weight excluding hydrogens is 226 g/mol. The first-order valence-corrected chi connectivity index (χ1v) is 4.93. The van der Waals surface area contributed by atoms with E-state index in [0.29, 0.717) is 5.82 Å². The number of nitrogens with one attached hydrogen (secondary N) is 3. The minimum absolute atomic E-state index is 0.0298. The van der Waals surface area contributed by atoms with Crippen LogP contribution < -0.4 is 16.1 Å².